The van der Waals surface area contributed by atoms with Gasteiger partial charge in [-0.2, -0.15) is 11.8 Å². The van der Waals surface area contributed by atoms with Crippen LogP contribution in [0.5, 0.6) is 0 Å². The molecule has 4 nitrogen and oxygen atoms in total. The Hall–Kier alpha value is -1.23. The zero-order valence-corrected chi connectivity index (χ0v) is 12.9. The number of ether oxygens (including phenoxy) is 1. The number of aryl methyl sites for hydroxylation is 2. The molecule has 0 saturated carbocycles. The zero-order valence-electron chi connectivity index (χ0n) is 12.1. The van der Waals surface area contributed by atoms with Crippen LogP contribution < -0.4 is 5.56 Å². The van der Waals surface area contributed by atoms with Gasteiger partial charge in [0.05, 0.1) is 0 Å². The summed E-state index contributed by atoms with van der Waals surface area (Å²) in [5, 5.41) is 0. The van der Waals surface area contributed by atoms with Crippen molar-refractivity contribution in [2.75, 3.05) is 12.4 Å². The molecule has 0 aliphatic rings. The third-order valence-corrected chi connectivity index (χ3v) is 3.66. The summed E-state index contributed by atoms with van der Waals surface area (Å²) in [5.74, 6) is 0.172. The topological polar surface area (TPSA) is 59.2 Å². The van der Waals surface area contributed by atoms with Crippen LogP contribution in [0.1, 0.15) is 42.4 Å². The van der Waals surface area contributed by atoms with E-state index in [2.05, 4.69) is 25.8 Å². The average Bonchev–Trinajstić information content (AvgIpc) is 2.21. The SMILES string of the molecule is Cc1cc(C)c(C(=O)OCCSC(C)(C)C)c(=O)[nH]1. The number of esters is 1. The highest BCUT2D eigenvalue weighted by Crippen LogP contribution is 2.22. The quantitative estimate of drug-likeness (QED) is 0.682. The standard InChI is InChI=1S/C14H21NO3S/c1-9-8-10(2)15-12(16)11(9)13(17)18-6-7-19-14(3,4)5/h8H,6-7H2,1-5H3,(H,15,16). The monoisotopic (exact) mass is 283 g/mol. The molecule has 0 unspecified atom stereocenters. The van der Waals surface area contributed by atoms with Gasteiger partial charge in [-0.15, -0.1) is 0 Å². The van der Waals surface area contributed by atoms with Crippen LogP contribution in [-0.2, 0) is 4.74 Å². The minimum atomic E-state index is -0.548. The number of hydrogen-bond acceptors (Lipinski definition) is 4. The molecular formula is C14H21NO3S. The van der Waals surface area contributed by atoms with Gasteiger partial charge in [-0.05, 0) is 25.5 Å². The highest BCUT2D eigenvalue weighted by molar-refractivity contribution is 8.00. The second-order valence-corrected chi connectivity index (χ2v) is 7.36. The number of H-pyrrole nitrogens is 1. The first-order valence-electron chi connectivity index (χ1n) is 6.22. The third kappa shape index (κ3) is 5.11. The molecule has 1 aromatic heterocycles. The molecule has 1 N–H and O–H groups in total. The van der Waals surface area contributed by atoms with E-state index in [0.29, 0.717) is 12.2 Å². The Labute approximate surface area is 117 Å². The number of thioether (sulfide) groups is 1. The molecule has 0 radical (unpaired) electrons. The van der Waals surface area contributed by atoms with Gasteiger partial charge >= 0.3 is 5.97 Å². The highest BCUT2D eigenvalue weighted by Gasteiger charge is 2.16. The van der Waals surface area contributed by atoms with Crippen molar-refractivity contribution in [3.8, 4) is 0 Å². The fraction of sp³-hybridized carbons (Fsp3) is 0.571. The van der Waals surface area contributed by atoms with E-state index in [0.717, 1.165) is 11.4 Å². The Bertz CT molecular complexity index is 514. The number of nitrogens with one attached hydrogen (secondary N) is 1. The summed E-state index contributed by atoms with van der Waals surface area (Å²) in [6, 6.07) is 1.77. The van der Waals surface area contributed by atoms with Crippen LogP contribution in [0.2, 0.25) is 0 Å². The van der Waals surface area contributed by atoms with E-state index < -0.39 is 5.97 Å². The number of hydrogen-bond donors (Lipinski definition) is 1. The van der Waals surface area contributed by atoms with Gasteiger partial charge in [0.1, 0.15) is 12.2 Å². The van der Waals surface area contributed by atoms with Gasteiger partial charge in [-0.25, -0.2) is 4.79 Å². The van der Waals surface area contributed by atoms with Crippen molar-refractivity contribution in [2.24, 2.45) is 0 Å². The van der Waals surface area contributed by atoms with Gasteiger partial charge in [0.25, 0.3) is 5.56 Å². The summed E-state index contributed by atoms with van der Waals surface area (Å²) in [6.07, 6.45) is 0. The summed E-state index contributed by atoms with van der Waals surface area (Å²) in [6.45, 7) is 10.1. The number of carbonyl (C=O) groups is 1. The van der Waals surface area contributed by atoms with Crippen molar-refractivity contribution in [3.63, 3.8) is 0 Å². The summed E-state index contributed by atoms with van der Waals surface area (Å²) in [4.78, 5) is 26.2. The van der Waals surface area contributed by atoms with E-state index in [1.807, 2.05) is 0 Å². The van der Waals surface area contributed by atoms with Crippen LogP contribution >= 0.6 is 11.8 Å². The first-order valence-corrected chi connectivity index (χ1v) is 7.21. The molecule has 0 aliphatic carbocycles. The third-order valence-electron chi connectivity index (χ3n) is 2.42. The van der Waals surface area contributed by atoms with Crippen molar-refractivity contribution in [1.82, 2.24) is 4.98 Å². The normalized spacial score (nSPS) is 11.4. The number of carbonyl (C=O) groups excluding carboxylic acids is 1. The predicted molar refractivity (Wildman–Crippen MR) is 79.0 cm³/mol. The summed E-state index contributed by atoms with van der Waals surface area (Å²) in [5.41, 5.74) is 1.11. The van der Waals surface area contributed by atoms with Gasteiger partial charge in [-0.1, -0.05) is 20.8 Å². The highest BCUT2D eigenvalue weighted by atomic mass is 32.2. The Morgan fingerprint density at radius 3 is 2.53 bits per heavy atom. The fourth-order valence-corrected chi connectivity index (χ4v) is 2.44. The largest absolute Gasteiger partial charge is 0.461 e. The van der Waals surface area contributed by atoms with Crippen molar-refractivity contribution < 1.29 is 9.53 Å². The number of pyridine rings is 1. The molecule has 0 bridgehead atoms. The first kappa shape index (κ1) is 15.8. The Morgan fingerprint density at radius 1 is 1.37 bits per heavy atom. The Morgan fingerprint density at radius 2 is 2.00 bits per heavy atom. The average molecular weight is 283 g/mol. The van der Waals surface area contributed by atoms with E-state index in [9.17, 15) is 9.59 Å². The maximum Gasteiger partial charge on any atom is 0.344 e. The van der Waals surface area contributed by atoms with Crippen LogP contribution in [0.25, 0.3) is 0 Å². The molecule has 106 valence electrons. The molecule has 5 heteroatoms. The van der Waals surface area contributed by atoms with Crippen molar-refractivity contribution in [1.29, 1.82) is 0 Å². The second-order valence-electron chi connectivity index (χ2n) is 5.44. The molecule has 1 rings (SSSR count). The number of aromatic amines is 1. The Kier molecular flexibility index (Phi) is 5.23. The van der Waals surface area contributed by atoms with Crippen molar-refractivity contribution in [2.45, 2.75) is 39.4 Å². The van der Waals surface area contributed by atoms with Crippen molar-refractivity contribution in [3.05, 3.63) is 33.2 Å². The fourth-order valence-electron chi connectivity index (χ4n) is 1.66. The molecule has 1 aromatic rings. The molecular weight excluding hydrogens is 262 g/mol. The molecule has 0 amide bonds. The lowest BCUT2D eigenvalue weighted by Gasteiger charge is -2.17. The van der Waals surface area contributed by atoms with E-state index in [1.165, 1.54) is 0 Å². The molecule has 1 heterocycles. The Balaban J connectivity index is 2.63. The van der Waals surface area contributed by atoms with Gasteiger partial charge in [0.15, 0.2) is 0 Å². The lowest BCUT2D eigenvalue weighted by molar-refractivity contribution is 0.0527. The van der Waals surface area contributed by atoms with Crippen LogP contribution in [0.3, 0.4) is 0 Å². The number of aromatic nitrogens is 1. The lowest BCUT2D eigenvalue weighted by atomic mass is 10.1. The molecule has 0 atom stereocenters. The smallest absolute Gasteiger partial charge is 0.344 e. The number of rotatable bonds is 4. The van der Waals surface area contributed by atoms with Gasteiger partial charge < -0.3 is 9.72 Å². The molecule has 0 aromatic carbocycles. The van der Waals surface area contributed by atoms with Gasteiger partial charge in [-0.3, -0.25) is 4.79 Å². The summed E-state index contributed by atoms with van der Waals surface area (Å²) < 4.78 is 5.29. The van der Waals surface area contributed by atoms with Gasteiger partial charge in [0.2, 0.25) is 0 Å². The summed E-state index contributed by atoms with van der Waals surface area (Å²) >= 11 is 1.72. The first-order chi connectivity index (χ1) is 8.70. The molecule has 19 heavy (non-hydrogen) atoms. The second kappa shape index (κ2) is 6.28. The molecule has 0 spiro atoms. The summed E-state index contributed by atoms with van der Waals surface area (Å²) in [7, 11) is 0. The van der Waals surface area contributed by atoms with Gasteiger partial charge in [0, 0.05) is 16.2 Å². The van der Waals surface area contributed by atoms with Crippen LogP contribution in [0.15, 0.2) is 10.9 Å². The molecule has 0 saturated heterocycles. The minimum absolute atomic E-state index is 0.103. The maximum absolute atomic E-state index is 11.9. The van der Waals surface area contributed by atoms with Crippen LogP contribution in [-0.4, -0.2) is 28.1 Å². The van der Waals surface area contributed by atoms with Crippen LogP contribution in [0, 0.1) is 13.8 Å². The van der Waals surface area contributed by atoms with E-state index in [-0.39, 0.29) is 15.9 Å². The molecule has 0 aliphatic heterocycles. The maximum atomic E-state index is 11.9. The predicted octanol–water partition coefficient (Wildman–Crippen LogP) is 2.68. The van der Waals surface area contributed by atoms with E-state index in [1.54, 1.807) is 31.7 Å². The van der Waals surface area contributed by atoms with Crippen molar-refractivity contribution >= 4 is 17.7 Å². The van der Waals surface area contributed by atoms with Crippen LogP contribution in [0.4, 0.5) is 0 Å². The molecule has 0 fully saturated rings. The zero-order chi connectivity index (χ0) is 14.6. The lowest BCUT2D eigenvalue weighted by Crippen LogP contribution is -2.23. The minimum Gasteiger partial charge on any atom is -0.461 e. The van der Waals surface area contributed by atoms with E-state index in [4.69, 9.17) is 4.74 Å². The van der Waals surface area contributed by atoms with E-state index >= 15 is 0 Å².